The minimum absolute atomic E-state index is 0.0348. The van der Waals surface area contributed by atoms with E-state index < -0.39 is 0 Å². The highest BCUT2D eigenvalue weighted by atomic mass is 16.3. The number of hydrogen-bond donors (Lipinski definition) is 1. The largest absolute Gasteiger partial charge is 0.456 e. The number of furan rings is 1. The Balaban J connectivity index is 1.04. The van der Waals surface area contributed by atoms with E-state index in [1.54, 1.807) is 0 Å². The van der Waals surface area contributed by atoms with Gasteiger partial charge >= 0.3 is 0 Å². The van der Waals surface area contributed by atoms with Crippen LogP contribution < -0.4 is 10.2 Å². The Bertz CT molecular complexity index is 2420. The summed E-state index contributed by atoms with van der Waals surface area (Å²) in [6.07, 6.45) is 0. The van der Waals surface area contributed by atoms with Crippen LogP contribution >= 0.6 is 0 Å². The zero-order valence-corrected chi connectivity index (χ0v) is 26.9. The highest BCUT2D eigenvalue weighted by molar-refractivity contribution is 6.07. The number of nitrogens with one attached hydrogen (secondary N) is 1. The van der Waals surface area contributed by atoms with Gasteiger partial charge in [0.15, 0.2) is 0 Å². The third-order valence-electron chi connectivity index (χ3n) is 9.81. The van der Waals surface area contributed by atoms with Gasteiger partial charge in [-0.15, -0.1) is 0 Å². The van der Waals surface area contributed by atoms with E-state index in [1.807, 2.05) is 0 Å². The van der Waals surface area contributed by atoms with Gasteiger partial charge in [-0.25, -0.2) is 0 Å². The fourth-order valence-electron chi connectivity index (χ4n) is 7.41. The molecular weight excluding hydrogens is 585 g/mol. The number of anilines is 5. The van der Waals surface area contributed by atoms with E-state index in [0.717, 1.165) is 61.5 Å². The Kier molecular flexibility index (Phi) is 6.48. The second-order valence-electron chi connectivity index (χ2n) is 13.1. The monoisotopic (exact) mass is 618 g/mol. The van der Waals surface area contributed by atoms with Crippen molar-refractivity contribution in [3.8, 4) is 22.3 Å². The minimum atomic E-state index is -0.0348. The SMILES string of the molecule is CC1(C)c2ccccc2-c2ccc(Nc3ccc4oc5cc(-c6cccc(N(c7ccccc7)c7ccccc7)c6)ccc5c4c3)cc21. The van der Waals surface area contributed by atoms with Gasteiger partial charge in [-0.1, -0.05) is 98.8 Å². The summed E-state index contributed by atoms with van der Waals surface area (Å²) in [5.74, 6) is 0. The predicted octanol–water partition coefficient (Wildman–Crippen LogP) is 12.8. The summed E-state index contributed by atoms with van der Waals surface area (Å²) in [7, 11) is 0. The molecule has 0 saturated heterocycles. The van der Waals surface area contributed by atoms with Gasteiger partial charge in [-0.2, -0.15) is 0 Å². The number of para-hydroxylation sites is 2. The number of benzene rings is 7. The molecule has 0 atom stereocenters. The van der Waals surface area contributed by atoms with Gasteiger partial charge in [0.1, 0.15) is 11.2 Å². The van der Waals surface area contributed by atoms with Crippen molar-refractivity contribution in [1.82, 2.24) is 0 Å². The van der Waals surface area contributed by atoms with Crippen LogP contribution in [0.3, 0.4) is 0 Å². The fraction of sp³-hybridized carbons (Fsp3) is 0.0667. The zero-order valence-electron chi connectivity index (χ0n) is 26.9. The first-order valence-corrected chi connectivity index (χ1v) is 16.5. The highest BCUT2D eigenvalue weighted by Crippen LogP contribution is 2.49. The summed E-state index contributed by atoms with van der Waals surface area (Å²) in [6.45, 7) is 4.64. The lowest BCUT2D eigenvalue weighted by Gasteiger charge is -2.25. The molecule has 230 valence electrons. The summed E-state index contributed by atoms with van der Waals surface area (Å²) < 4.78 is 6.42. The average Bonchev–Trinajstić information content (AvgIpc) is 3.60. The molecule has 0 spiro atoms. The van der Waals surface area contributed by atoms with Crippen molar-refractivity contribution in [3.05, 3.63) is 175 Å². The average molecular weight is 619 g/mol. The molecule has 1 aliphatic carbocycles. The maximum absolute atomic E-state index is 6.42. The van der Waals surface area contributed by atoms with Crippen LogP contribution in [0.1, 0.15) is 25.0 Å². The topological polar surface area (TPSA) is 28.4 Å². The molecule has 9 rings (SSSR count). The summed E-state index contributed by atoms with van der Waals surface area (Å²) in [5, 5.41) is 5.89. The van der Waals surface area contributed by atoms with Crippen LogP contribution in [0.15, 0.2) is 168 Å². The molecule has 1 aromatic heterocycles. The number of hydrogen-bond acceptors (Lipinski definition) is 3. The summed E-state index contributed by atoms with van der Waals surface area (Å²) in [6, 6.07) is 58.2. The second kappa shape index (κ2) is 11.0. The number of nitrogens with zero attached hydrogens (tertiary/aromatic N) is 1. The van der Waals surface area contributed by atoms with Crippen molar-refractivity contribution < 1.29 is 4.42 Å². The molecule has 3 nitrogen and oxygen atoms in total. The smallest absolute Gasteiger partial charge is 0.136 e. The molecule has 0 unspecified atom stereocenters. The minimum Gasteiger partial charge on any atom is -0.456 e. The van der Waals surface area contributed by atoms with Crippen molar-refractivity contribution in [3.63, 3.8) is 0 Å². The first kappa shape index (κ1) is 28.2. The molecule has 0 radical (unpaired) electrons. The van der Waals surface area contributed by atoms with E-state index in [0.29, 0.717) is 0 Å². The van der Waals surface area contributed by atoms with Gasteiger partial charge in [0.2, 0.25) is 0 Å². The van der Waals surface area contributed by atoms with Gasteiger partial charge in [0, 0.05) is 44.6 Å². The van der Waals surface area contributed by atoms with E-state index >= 15 is 0 Å². The Morgan fingerprint density at radius 2 is 1.10 bits per heavy atom. The van der Waals surface area contributed by atoms with Crippen molar-refractivity contribution in [2.75, 3.05) is 10.2 Å². The van der Waals surface area contributed by atoms with E-state index in [2.05, 4.69) is 188 Å². The van der Waals surface area contributed by atoms with Gasteiger partial charge in [-0.05, 0) is 112 Å². The first-order chi connectivity index (χ1) is 23.5. The van der Waals surface area contributed by atoms with Crippen LogP contribution in [0, 0.1) is 0 Å². The van der Waals surface area contributed by atoms with Crippen LogP contribution in [0.25, 0.3) is 44.2 Å². The predicted molar refractivity (Wildman–Crippen MR) is 201 cm³/mol. The molecule has 8 aromatic rings. The fourth-order valence-corrected chi connectivity index (χ4v) is 7.41. The van der Waals surface area contributed by atoms with Crippen LogP contribution in [0.4, 0.5) is 28.4 Å². The summed E-state index contributed by atoms with van der Waals surface area (Å²) in [5.41, 5.74) is 14.8. The molecule has 3 heteroatoms. The summed E-state index contributed by atoms with van der Waals surface area (Å²) >= 11 is 0. The molecule has 0 aliphatic heterocycles. The lowest BCUT2D eigenvalue weighted by Crippen LogP contribution is -2.15. The molecular formula is C45H34N2O. The van der Waals surface area contributed by atoms with Gasteiger partial charge in [-0.3, -0.25) is 0 Å². The quantitative estimate of drug-likeness (QED) is 0.201. The lowest BCUT2D eigenvalue weighted by molar-refractivity contribution is 0.660. The molecule has 0 bridgehead atoms. The summed E-state index contributed by atoms with van der Waals surface area (Å²) in [4.78, 5) is 2.29. The molecule has 0 amide bonds. The van der Waals surface area contributed by atoms with Crippen LogP contribution in [0.2, 0.25) is 0 Å². The third-order valence-corrected chi connectivity index (χ3v) is 9.81. The lowest BCUT2D eigenvalue weighted by atomic mass is 9.82. The standard InChI is InChI=1S/C45H34N2O/c1-45(2)41-19-10-9-18-37(41)38-24-21-33(29-42(38)45)46-32-22-25-43-40(28-32)39-23-20-31(27-44(39)48-43)30-12-11-17-36(26-30)47(34-13-5-3-6-14-34)35-15-7-4-8-16-35/h3-29,46H,1-2H3. The van der Waals surface area contributed by atoms with Gasteiger partial charge < -0.3 is 14.6 Å². The Morgan fingerprint density at radius 1 is 0.458 bits per heavy atom. The van der Waals surface area contributed by atoms with Crippen LogP contribution in [0.5, 0.6) is 0 Å². The number of fused-ring (bicyclic) bond motifs is 6. The molecule has 1 N–H and O–H groups in total. The third kappa shape index (κ3) is 4.66. The molecule has 0 saturated carbocycles. The van der Waals surface area contributed by atoms with Gasteiger partial charge in [0.05, 0.1) is 0 Å². The molecule has 48 heavy (non-hydrogen) atoms. The van der Waals surface area contributed by atoms with Crippen molar-refractivity contribution >= 4 is 50.4 Å². The molecule has 0 fully saturated rings. The van der Waals surface area contributed by atoms with Crippen molar-refractivity contribution in [2.24, 2.45) is 0 Å². The normalized spacial score (nSPS) is 13.0. The van der Waals surface area contributed by atoms with E-state index in [4.69, 9.17) is 4.42 Å². The molecule has 1 aliphatic rings. The van der Waals surface area contributed by atoms with E-state index in [-0.39, 0.29) is 5.41 Å². The van der Waals surface area contributed by atoms with E-state index in [1.165, 1.54) is 22.3 Å². The second-order valence-corrected chi connectivity index (χ2v) is 13.1. The maximum Gasteiger partial charge on any atom is 0.136 e. The highest BCUT2D eigenvalue weighted by Gasteiger charge is 2.35. The Morgan fingerprint density at radius 3 is 1.90 bits per heavy atom. The molecule has 7 aromatic carbocycles. The van der Waals surface area contributed by atoms with E-state index in [9.17, 15) is 0 Å². The Hall–Kier alpha value is -6.06. The van der Waals surface area contributed by atoms with Crippen molar-refractivity contribution in [1.29, 1.82) is 0 Å². The Labute approximate surface area is 280 Å². The van der Waals surface area contributed by atoms with Crippen LogP contribution in [-0.4, -0.2) is 0 Å². The van der Waals surface area contributed by atoms with Crippen molar-refractivity contribution in [2.45, 2.75) is 19.3 Å². The van der Waals surface area contributed by atoms with Gasteiger partial charge in [0.25, 0.3) is 0 Å². The molecule has 1 heterocycles. The first-order valence-electron chi connectivity index (χ1n) is 16.5. The number of rotatable bonds is 6. The van der Waals surface area contributed by atoms with Crippen LogP contribution in [-0.2, 0) is 5.41 Å². The maximum atomic E-state index is 6.42. The zero-order chi connectivity index (χ0) is 32.2.